The lowest BCUT2D eigenvalue weighted by atomic mass is 9.77. The summed E-state index contributed by atoms with van der Waals surface area (Å²) in [6.45, 7) is 1.98. The van der Waals surface area contributed by atoms with Gasteiger partial charge in [-0.3, -0.25) is 9.59 Å². The van der Waals surface area contributed by atoms with Crippen LogP contribution in [0.2, 0.25) is 0 Å². The van der Waals surface area contributed by atoms with Crippen LogP contribution in [0.3, 0.4) is 0 Å². The van der Waals surface area contributed by atoms with Crippen molar-refractivity contribution in [2.45, 2.75) is 19.3 Å². The SMILES string of the molecule is COc1cc(N2CCC3(CCN(C(=O)c4cc5ccccc5o4)CC3)C2=O)ccc1/C(=C/N)CN. The molecule has 1 aromatic heterocycles. The van der Waals surface area contributed by atoms with Crippen LogP contribution in [0, 0.1) is 5.41 Å². The minimum atomic E-state index is -0.448. The predicted octanol–water partition coefficient (Wildman–Crippen LogP) is 3.36. The van der Waals surface area contributed by atoms with Crippen LogP contribution in [0.15, 0.2) is 59.1 Å². The molecule has 3 aromatic rings. The Balaban J connectivity index is 1.29. The molecule has 4 N–H and O–H groups in total. The number of nitrogens with two attached hydrogens (primary N) is 2. The van der Waals surface area contributed by atoms with Crippen LogP contribution < -0.4 is 21.1 Å². The maximum absolute atomic E-state index is 13.6. The molecule has 2 fully saturated rings. The summed E-state index contributed by atoms with van der Waals surface area (Å²) in [5, 5.41) is 0.910. The van der Waals surface area contributed by atoms with E-state index in [9.17, 15) is 9.59 Å². The zero-order valence-corrected chi connectivity index (χ0v) is 19.8. The first kappa shape index (κ1) is 23.0. The Morgan fingerprint density at radius 2 is 1.86 bits per heavy atom. The van der Waals surface area contributed by atoms with Gasteiger partial charge in [0.05, 0.1) is 12.5 Å². The monoisotopic (exact) mass is 474 g/mol. The van der Waals surface area contributed by atoms with E-state index in [4.69, 9.17) is 20.6 Å². The number of rotatable bonds is 5. The molecule has 2 aromatic carbocycles. The van der Waals surface area contributed by atoms with Crippen molar-refractivity contribution in [1.29, 1.82) is 0 Å². The first-order chi connectivity index (χ1) is 17.0. The molecule has 0 saturated carbocycles. The van der Waals surface area contributed by atoms with Gasteiger partial charge in [-0.05, 0) is 55.3 Å². The second-order valence-electron chi connectivity index (χ2n) is 9.21. The Morgan fingerprint density at radius 3 is 2.54 bits per heavy atom. The van der Waals surface area contributed by atoms with Crippen molar-refractivity contribution in [3.8, 4) is 5.75 Å². The average Bonchev–Trinajstić information content (AvgIpc) is 3.47. The van der Waals surface area contributed by atoms with Crippen LogP contribution in [-0.4, -0.2) is 50.0 Å². The number of fused-ring (bicyclic) bond motifs is 1. The normalized spacial score (nSPS) is 18.0. The molecule has 0 unspecified atom stereocenters. The number of furan rings is 1. The quantitative estimate of drug-likeness (QED) is 0.586. The van der Waals surface area contributed by atoms with E-state index in [0.717, 1.165) is 28.6 Å². The lowest BCUT2D eigenvalue weighted by Crippen LogP contribution is -2.46. The van der Waals surface area contributed by atoms with Crippen molar-refractivity contribution in [3.63, 3.8) is 0 Å². The van der Waals surface area contributed by atoms with Gasteiger partial charge in [0.1, 0.15) is 11.3 Å². The van der Waals surface area contributed by atoms with Gasteiger partial charge in [0, 0.05) is 48.9 Å². The fourth-order valence-electron chi connectivity index (χ4n) is 5.29. The Morgan fingerprint density at radius 1 is 1.11 bits per heavy atom. The van der Waals surface area contributed by atoms with E-state index in [-0.39, 0.29) is 11.8 Å². The molecule has 35 heavy (non-hydrogen) atoms. The molecule has 182 valence electrons. The van der Waals surface area contributed by atoms with Crippen molar-refractivity contribution >= 4 is 34.0 Å². The molecule has 2 amide bonds. The van der Waals surface area contributed by atoms with E-state index in [1.54, 1.807) is 18.1 Å². The zero-order chi connectivity index (χ0) is 24.6. The number of benzene rings is 2. The highest BCUT2D eigenvalue weighted by Gasteiger charge is 2.49. The molecule has 2 aliphatic rings. The second-order valence-corrected chi connectivity index (χ2v) is 9.21. The number of hydrogen-bond donors (Lipinski definition) is 2. The molecule has 0 bridgehead atoms. The highest BCUT2D eigenvalue weighted by molar-refractivity contribution is 6.01. The van der Waals surface area contributed by atoms with Crippen molar-refractivity contribution in [2.75, 3.05) is 38.2 Å². The van der Waals surface area contributed by atoms with Crippen molar-refractivity contribution in [1.82, 2.24) is 4.90 Å². The number of hydrogen-bond acceptors (Lipinski definition) is 6. The molecule has 2 saturated heterocycles. The van der Waals surface area contributed by atoms with Crippen molar-refractivity contribution < 1.29 is 18.7 Å². The Labute approximate surface area is 204 Å². The number of anilines is 1. The third kappa shape index (κ3) is 3.93. The minimum absolute atomic E-state index is 0.108. The van der Waals surface area contributed by atoms with Crippen LogP contribution in [0.25, 0.3) is 16.5 Å². The minimum Gasteiger partial charge on any atom is -0.496 e. The number of amides is 2. The van der Waals surface area contributed by atoms with Gasteiger partial charge in [-0.25, -0.2) is 0 Å². The average molecular weight is 475 g/mol. The molecular formula is C27H30N4O4. The molecule has 8 heteroatoms. The van der Waals surface area contributed by atoms with E-state index in [2.05, 4.69) is 0 Å². The standard InChI is InChI=1S/C27H30N4O4/c1-34-23-15-20(6-7-21(23)19(16-28)17-29)31-13-10-27(26(31)33)8-11-30(12-9-27)25(32)24-14-18-4-2-3-5-22(18)35-24/h2-7,14-16H,8-13,17,28-29H2,1H3/b19-16+. The fraction of sp³-hybridized carbons (Fsp3) is 0.333. The van der Waals surface area contributed by atoms with Gasteiger partial charge in [0.15, 0.2) is 5.76 Å². The number of carbonyl (C=O) groups excluding carboxylic acids is 2. The highest BCUT2D eigenvalue weighted by atomic mass is 16.5. The maximum Gasteiger partial charge on any atom is 0.289 e. The molecular weight excluding hydrogens is 444 g/mol. The summed E-state index contributed by atoms with van der Waals surface area (Å²) in [7, 11) is 1.59. The summed E-state index contributed by atoms with van der Waals surface area (Å²) in [6, 6.07) is 15.1. The molecule has 0 radical (unpaired) electrons. The van der Waals surface area contributed by atoms with Gasteiger partial charge in [-0.2, -0.15) is 0 Å². The van der Waals surface area contributed by atoms with Gasteiger partial charge in [0.2, 0.25) is 5.91 Å². The molecule has 0 atom stereocenters. The zero-order valence-electron chi connectivity index (χ0n) is 19.8. The first-order valence-corrected chi connectivity index (χ1v) is 11.9. The van der Waals surface area contributed by atoms with Crippen molar-refractivity contribution in [3.05, 3.63) is 66.1 Å². The summed E-state index contributed by atoms with van der Waals surface area (Å²) < 4.78 is 11.3. The Kier molecular flexibility index (Phi) is 5.98. The molecule has 8 nitrogen and oxygen atoms in total. The van der Waals surface area contributed by atoms with Crippen molar-refractivity contribution in [2.24, 2.45) is 16.9 Å². The van der Waals surface area contributed by atoms with Gasteiger partial charge < -0.3 is 30.4 Å². The highest BCUT2D eigenvalue weighted by Crippen LogP contribution is 2.44. The van der Waals surface area contributed by atoms with Crippen LogP contribution in [-0.2, 0) is 4.79 Å². The summed E-state index contributed by atoms with van der Waals surface area (Å²) in [4.78, 5) is 30.3. The number of para-hydroxylation sites is 1. The third-order valence-electron chi connectivity index (χ3n) is 7.42. The summed E-state index contributed by atoms with van der Waals surface area (Å²) >= 11 is 0. The maximum atomic E-state index is 13.6. The van der Waals surface area contributed by atoms with E-state index in [1.807, 2.05) is 47.4 Å². The summed E-state index contributed by atoms with van der Waals surface area (Å²) in [6.07, 6.45) is 3.51. The third-order valence-corrected chi connectivity index (χ3v) is 7.42. The van der Waals surface area contributed by atoms with Gasteiger partial charge in [0.25, 0.3) is 5.91 Å². The smallest absolute Gasteiger partial charge is 0.289 e. The number of likely N-dealkylation sites (tertiary alicyclic amines) is 1. The first-order valence-electron chi connectivity index (χ1n) is 11.9. The van der Waals surface area contributed by atoms with Crippen LogP contribution in [0.1, 0.15) is 35.4 Å². The van der Waals surface area contributed by atoms with E-state index in [0.29, 0.717) is 56.1 Å². The Bertz CT molecular complexity index is 1270. The molecule has 2 aliphatic heterocycles. The fourth-order valence-corrected chi connectivity index (χ4v) is 5.29. The number of methoxy groups -OCH3 is 1. The predicted molar refractivity (Wildman–Crippen MR) is 135 cm³/mol. The van der Waals surface area contributed by atoms with Crippen LogP contribution in [0.5, 0.6) is 5.75 Å². The Hall–Kier alpha value is -3.78. The van der Waals surface area contributed by atoms with Gasteiger partial charge >= 0.3 is 0 Å². The van der Waals surface area contributed by atoms with Crippen LogP contribution in [0.4, 0.5) is 5.69 Å². The number of piperidine rings is 1. The molecule has 3 heterocycles. The van der Waals surface area contributed by atoms with Gasteiger partial charge in [-0.15, -0.1) is 0 Å². The number of ether oxygens (including phenoxy) is 1. The lowest BCUT2D eigenvalue weighted by molar-refractivity contribution is -0.127. The lowest BCUT2D eigenvalue weighted by Gasteiger charge is -2.37. The number of carbonyl (C=O) groups is 2. The van der Waals surface area contributed by atoms with Crippen LogP contribution >= 0.6 is 0 Å². The summed E-state index contributed by atoms with van der Waals surface area (Å²) in [5.74, 6) is 0.959. The topological polar surface area (TPSA) is 115 Å². The van der Waals surface area contributed by atoms with E-state index in [1.165, 1.54) is 6.20 Å². The molecule has 1 spiro atoms. The molecule has 0 aliphatic carbocycles. The number of nitrogens with zero attached hydrogens (tertiary/aromatic N) is 2. The largest absolute Gasteiger partial charge is 0.496 e. The van der Waals surface area contributed by atoms with Gasteiger partial charge in [-0.1, -0.05) is 18.2 Å². The molecule has 5 rings (SSSR count). The second kappa shape index (κ2) is 9.11. The van der Waals surface area contributed by atoms with E-state index < -0.39 is 5.41 Å². The summed E-state index contributed by atoms with van der Waals surface area (Å²) in [5.41, 5.74) is 14.2. The van der Waals surface area contributed by atoms with E-state index >= 15 is 0 Å².